The molecule has 1 rings (SSSR count). The molecule has 3 nitrogen and oxygen atoms in total. The molecule has 3 heteroatoms. The molecule has 0 heterocycles. The Morgan fingerprint density at radius 2 is 1.72 bits per heavy atom. The van der Waals surface area contributed by atoms with Crippen LogP contribution in [0.4, 0.5) is 0 Å². The topological polar surface area (TPSA) is 38.7 Å². The minimum Gasteiger partial charge on any atom is -0.490 e. The van der Waals surface area contributed by atoms with Crippen LogP contribution in [0.25, 0.3) is 0 Å². The van der Waals surface area contributed by atoms with Crippen LogP contribution >= 0.6 is 0 Å². The normalized spacial score (nSPS) is 14.0. The Bertz CT molecular complexity index is 336. The average molecular weight is 252 g/mol. The molecule has 0 fully saturated rings. The van der Waals surface area contributed by atoms with Gasteiger partial charge in [0.1, 0.15) is 0 Å². The van der Waals surface area contributed by atoms with E-state index in [2.05, 4.69) is 6.92 Å². The third-order valence-electron chi connectivity index (χ3n) is 3.10. The summed E-state index contributed by atoms with van der Waals surface area (Å²) in [4.78, 5) is 0. The fraction of sp³-hybridized carbons (Fsp3) is 0.600. The summed E-state index contributed by atoms with van der Waals surface area (Å²) in [6.07, 6.45) is 1.55. The maximum Gasteiger partial charge on any atom is 0.161 e. The van der Waals surface area contributed by atoms with E-state index >= 15 is 0 Å². The van der Waals surface area contributed by atoms with Crippen molar-refractivity contribution < 1.29 is 14.6 Å². The van der Waals surface area contributed by atoms with Gasteiger partial charge in [-0.25, -0.2) is 0 Å². The summed E-state index contributed by atoms with van der Waals surface area (Å²) in [6, 6.07) is 7.69. The molecule has 102 valence electrons. The minimum atomic E-state index is -0.277. The summed E-state index contributed by atoms with van der Waals surface area (Å²) in [7, 11) is 0. The van der Waals surface area contributed by atoms with Crippen LogP contribution in [-0.4, -0.2) is 24.4 Å². The third kappa shape index (κ3) is 4.57. The van der Waals surface area contributed by atoms with Crippen molar-refractivity contribution in [3.63, 3.8) is 0 Å². The van der Waals surface area contributed by atoms with Gasteiger partial charge in [-0.1, -0.05) is 25.5 Å². The van der Waals surface area contributed by atoms with Crippen molar-refractivity contribution in [2.24, 2.45) is 5.92 Å². The van der Waals surface area contributed by atoms with Gasteiger partial charge < -0.3 is 14.6 Å². The van der Waals surface area contributed by atoms with Crippen LogP contribution < -0.4 is 9.47 Å². The predicted octanol–water partition coefficient (Wildman–Crippen LogP) is 3.26. The number of aliphatic hydroxyl groups excluding tert-OH is 1. The van der Waals surface area contributed by atoms with Crippen LogP contribution in [0.3, 0.4) is 0 Å². The Labute approximate surface area is 110 Å². The number of benzene rings is 1. The molecule has 1 aromatic rings. The van der Waals surface area contributed by atoms with Crippen LogP contribution in [0.1, 0.15) is 33.6 Å². The number of rotatable bonds is 8. The van der Waals surface area contributed by atoms with Gasteiger partial charge in [0.25, 0.3) is 0 Å². The van der Waals surface area contributed by atoms with Gasteiger partial charge in [0, 0.05) is 0 Å². The van der Waals surface area contributed by atoms with Gasteiger partial charge in [0.15, 0.2) is 11.5 Å². The van der Waals surface area contributed by atoms with E-state index in [1.807, 2.05) is 38.1 Å². The molecule has 0 radical (unpaired) electrons. The molecule has 0 aromatic heterocycles. The number of aliphatic hydroxyl groups is 1. The summed E-state index contributed by atoms with van der Waals surface area (Å²) < 4.78 is 11.2. The van der Waals surface area contributed by atoms with Gasteiger partial charge in [0.05, 0.1) is 19.3 Å². The molecule has 1 N–H and O–H groups in total. The van der Waals surface area contributed by atoms with E-state index < -0.39 is 0 Å². The second kappa shape index (κ2) is 7.98. The molecule has 0 amide bonds. The lowest BCUT2D eigenvalue weighted by Gasteiger charge is -2.18. The van der Waals surface area contributed by atoms with Crippen molar-refractivity contribution >= 4 is 0 Å². The molecule has 0 aliphatic rings. The second-order valence-electron chi connectivity index (χ2n) is 4.43. The van der Waals surface area contributed by atoms with Crippen LogP contribution in [-0.2, 0) is 0 Å². The molecule has 0 aliphatic carbocycles. The minimum absolute atomic E-state index is 0.277. The number of hydrogen-bond acceptors (Lipinski definition) is 3. The van der Waals surface area contributed by atoms with Crippen molar-refractivity contribution in [2.45, 2.75) is 39.7 Å². The first kappa shape index (κ1) is 14.8. The van der Waals surface area contributed by atoms with Crippen molar-refractivity contribution in [1.29, 1.82) is 0 Å². The standard InChI is InChI=1S/C15H24O3/c1-4-13(12(3)16)10-11-18-15-9-7-6-8-14(15)17-5-2/h6-9,12-13,16H,4-5,10-11H2,1-3H3. The van der Waals surface area contributed by atoms with Crippen molar-refractivity contribution in [3.05, 3.63) is 24.3 Å². The highest BCUT2D eigenvalue weighted by Gasteiger charge is 2.13. The van der Waals surface area contributed by atoms with Crippen LogP contribution in [0.15, 0.2) is 24.3 Å². The Morgan fingerprint density at radius 3 is 2.22 bits per heavy atom. The zero-order chi connectivity index (χ0) is 13.4. The number of ether oxygens (including phenoxy) is 2. The van der Waals surface area contributed by atoms with Gasteiger partial charge in [-0.15, -0.1) is 0 Å². The largest absolute Gasteiger partial charge is 0.490 e. The highest BCUT2D eigenvalue weighted by molar-refractivity contribution is 5.39. The van der Waals surface area contributed by atoms with E-state index in [4.69, 9.17) is 9.47 Å². The molecule has 1 aromatic carbocycles. The average Bonchev–Trinajstić information content (AvgIpc) is 2.36. The van der Waals surface area contributed by atoms with Crippen molar-refractivity contribution in [3.8, 4) is 11.5 Å². The molecule has 0 saturated heterocycles. The van der Waals surface area contributed by atoms with Gasteiger partial charge in [-0.2, -0.15) is 0 Å². The van der Waals surface area contributed by atoms with E-state index in [9.17, 15) is 5.11 Å². The first-order valence-electron chi connectivity index (χ1n) is 6.71. The molecular weight excluding hydrogens is 228 g/mol. The molecule has 2 unspecified atom stereocenters. The Kier molecular flexibility index (Phi) is 6.58. The maximum atomic E-state index is 9.57. The van der Waals surface area contributed by atoms with Crippen LogP contribution in [0, 0.1) is 5.92 Å². The van der Waals surface area contributed by atoms with E-state index in [-0.39, 0.29) is 6.10 Å². The lowest BCUT2D eigenvalue weighted by Crippen LogP contribution is -2.18. The quantitative estimate of drug-likeness (QED) is 0.771. The molecule has 0 bridgehead atoms. The fourth-order valence-electron chi connectivity index (χ4n) is 1.95. The predicted molar refractivity (Wildman–Crippen MR) is 73.2 cm³/mol. The fourth-order valence-corrected chi connectivity index (χ4v) is 1.95. The summed E-state index contributed by atoms with van der Waals surface area (Å²) >= 11 is 0. The maximum absolute atomic E-state index is 9.57. The molecule has 0 spiro atoms. The Morgan fingerprint density at radius 1 is 1.11 bits per heavy atom. The van der Waals surface area contributed by atoms with Gasteiger partial charge >= 0.3 is 0 Å². The summed E-state index contributed by atoms with van der Waals surface area (Å²) in [6.45, 7) is 7.12. The number of para-hydroxylation sites is 2. The van der Waals surface area contributed by atoms with E-state index in [0.717, 1.165) is 24.3 Å². The first-order chi connectivity index (χ1) is 8.69. The Hall–Kier alpha value is -1.22. The smallest absolute Gasteiger partial charge is 0.161 e. The molecule has 0 saturated carbocycles. The van der Waals surface area contributed by atoms with Crippen LogP contribution in [0.2, 0.25) is 0 Å². The monoisotopic (exact) mass is 252 g/mol. The molecule has 2 atom stereocenters. The summed E-state index contributed by atoms with van der Waals surface area (Å²) in [5, 5.41) is 9.57. The zero-order valence-electron chi connectivity index (χ0n) is 11.6. The lowest BCUT2D eigenvalue weighted by atomic mass is 9.97. The zero-order valence-corrected chi connectivity index (χ0v) is 11.6. The highest BCUT2D eigenvalue weighted by Crippen LogP contribution is 2.27. The molecule has 18 heavy (non-hydrogen) atoms. The summed E-state index contributed by atoms with van der Waals surface area (Å²) in [5.74, 6) is 1.86. The molecule has 0 aliphatic heterocycles. The highest BCUT2D eigenvalue weighted by atomic mass is 16.5. The third-order valence-corrected chi connectivity index (χ3v) is 3.10. The van der Waals surface area contributed by atoms with Gasteiger partial charge in [-0.3, -0.25) is 0 Å². The second-order valence-corrected chi connectivity index (χ2v) is 4.43. The van der Waals surface area contributed by atoms with E-state index in [1.54, 1.807) is 0 Å². The SMILES string of the molecule is CCOc1ccccc1OCCC(CC)C(C)O. The summed E-state index contributed by atoms with van der Waals surface area (Å²) in [5.41, 5.74) is 0. The molecular formula is C15H24O3. The van der Waals surface area contributed by atoms with Gasteiger partial charge in [0.2, 0.25) is 0 Å². The van der Waals surface area contributed by atoms with Crippen molar-refractivity contribution in [2.75, 3.05) is 13.2 Å². The van der Waals surface area contributed by atoms with E-state index in [1.165, 1.54) is 0 Å². The van der Waals surface area contributed by atoms with Crippen molar-refractivity contribution in [1.82, 2.24) is 0 Å². The van der Waals surface area contributed by atoms with E-state index in [0.29, 0.717) is 19.1 Å². The van der Waals surface area contributed by atoms with Gasteiger partial charge in [-0.05, 0) is 38.3 Å². The van der Waals surface area contributed by atoms with Crippen LogP contribution in [0.5, 0.6) is 11.5 Å². The first-order valence-corrected chi connectivity index (χ1v) is 6.71. The lowest BCUT2D eigenvalue weighted by molar-refractivity contribution is 0.105. The Balaban J connectivity index is 2.48. The number of hydrogen-bond donors (Lipinski definition) is 1.